The van der Waals surface area contributed by atoms with Crippen LogP contribution in [-0.4, -0.2) is 59.2 Å². The molecule has 1 unspecified atom stereocenters. The Morgan fingerprint density at radius 2 is 1.87 bits per heavy atom. The van der Waals surface area contributed by atoms with Crippen LogP contribution in [0.15, 0.2) is 33.9 Å². The fraction of sp³-hybridized carbons (Fsp3) is 0.591. The van der Waals surface area contributed by atoms with Gasteiger partial charge >= 0.3 is 5.69 Å². The Kier molecular flexibility index (Phi) is 7.81. The summed E-state index contributed by atoms with van der Waals surface area (Å²) >= 11 is 0. The summed E-state index contributed by atoms with van der Waals surface area (Å²) in [5.41, 5.74) is -0.355. The standard InChI is InChI=1S/C22H32N4O4/c1-3-16(4-2)19(25-11-13-30-14-12-25)15-23-20(27)9-10-26-18-8-6-5-7-17(18)21(28)24-22(26)29/h5-8,16,19H,3-4,9-15H2,1-2H3,(H,23,27)(H,24,28,29). The van der Waals surface area contributed by atoms with Gasteiger partial charge in [0.05, 0.1) is 24.1 Å². The molecule has 30 heavy (non-hydrogen) atoms. The lowest BCUT2D eigenvalue weighted by atomic mass is 9.92. The zero-order valence-corrected chi connectivity index (χ0v) is 17.9. The predicted octanol–water partition coefficient (Wildman–Crippen LogP) is 1.33. The summed E-state index contributed by atoms with van der Waals surface area (Å²) in [6, 6.07) is 7.21. The van der Waals surface area contributed by atoms with Crippen molar-refractivity contribution in [2.24, 2.45) is 5.92 Å². The topological polar surface area (TPSA) is 96.4 Å². The molecule has 1 amide bonds. The molecule has 1 aliphatic rings. The van der Waals surface area contributed by atoms with Gasteiger partial charge in [0.1, 0.15) is 0 Å². The first-order valence-electron chi connectivity index (χ1n) is 10.9. The smallest absolute Gasteiger partial charge is 0.328 e. The number of morpholine rings is 1. The van der Waals surface area contributed by atoms with Gasteiger partial charge in [-0.05, 0) is 18.1 Å². The molecule has 1 saturated heterocycles. The molecule has 1 aromatic heterocycles. The lowest BCUT2D eigenvalue weighted by Gasteiger charge is -2.38. The van der Waals surface area contributed by atoms with Gasteiger partial charge in [-0.2, -0.15) is 0 Å². The molecule has 0 spiro atoms. The molecule has 0 bridgehead atoms. The van der Waals surface area contributed by atoms with Crippen molar-refractivity contribution in [3.05, 3.63) is 45.1 Å². The van der Waals surface area contributed by atoms with Crippen LogP contribution in [0.4, 0.5) is 0 Å². The fourth-order valence-electron chi connectivity index (χ4n) is 4.32. The zero-order valence-electron chi connectivity index (χ0n) is 17.9. The van der Waals surface area contributed by atoms with Crippen molar-refractivity contribution in [2.45, 2.75) is 45.7 Å². The van der Waals surface area contributed by atoms with E-state index < -0.39 is 11.2 Å². The number of aromatic amines is 1. The first-order valence-corrected chi connectivity index (χ1v) is 10.9. The van der Waals surface area contributed by atoms with E-state index in [1.807, 2.05) is 0 Å². The van der Waals surface area contributed by atoms with Crippen molar-refractivity contribution in [1.82, 2.24) is 19.8 Å². The molecule has 8 nitrogen and oxygen atoms in total. The van der Waals surface area contributed by atoms with Gasteiger partial charge in [-0.15, -0.1) is 0 Å². The number of benzene rings is 1. The molecule has 2 heterocycles. The summed E-state index contributed by atoms with van der Waals surface area (Å²) in [5.74, 6) is 0.413. The number of rotatable bonds is 9. The maximum atomic E-state index is 12.6. The Morgan fingerprint density at radius 1 is 1.17 bits per heavy atom. The average molecular weight is 417 g/mol. The molecule has 3 rings (SSSR count). The van der Waals surface area contributed by atoms with Crippen LogP contribution in [0.3, 0.4) is 0 Å². The van der Waals surface area contributed by atoms with Crippen molar-refractivity contribution >= 4 is 16.8 Å². The Bertz CT molecular complexity index is 957. The van der Waals surface area contributed by atoms with E-state index in [1.165, 1.54) is 4.57 Å². The number of carbonyl (C=O) groups is 1. The molecule has 1 fully saturated rings. The number of carbonyl (C=O) groups excluding carboxylic acids is 1. The largest absolute Gasteiger partial charge is 0.379 e. The summed E-state index contributed by atoms with van der Waals surface area (Å²) < 4.78 is 6.93. The number of ether oxygens (including phenoxy) is 1. The minimum absolute atomic E-state index is 0.0959. The fourth-order valence-corrected chi connectivity index (χ4v) is 4.32. The Morgan fingerprint density at radius 3 is 2.57 bits per heavy atom. The number of para-hydroxylation sites is 1. The van der Waals surface area contributed by atoms with E-state index in [9.17, 15) is 14.4 Å². The number of H-pyrrole nitrogens is 1. The predicted molar refractivity (Wildman–Crippen MR) is 117 cm³/mol. The van der Waals surface area contributed by atoms with E-state index in [0.717, 1.165) is 39.1 Å². The van der Waals surface area contributed by atoms with E-state index in [0.29, 0.717) is 23.4 Å². The van der Waals surface area contributed by atoms with E-state index in [-0.39, 0.29) is 24.9 Å². The maximum absolute atomic E-state index is 12.6. The molecular formula is C22H32N4O4. The monoisotopic (exact) mass is 416 g/mol. The van der Waals surface area contributed by atoms with E-state index in [2.05, 4.69) is 29.0 Å². The van der Waals surface area contributed by atoms with Crippen LogP contribution in [-0.2, 0) is 16.1 Å². The first kappa shape index (κ1) is 22.2. The second-order valence-electron chi connectivity index (χ2n) is 7.77. The minimum atomic E-state index is -0.491. The number of hydrogen-bond donors (Lipinski definition) is 2. The molecule has 1 aliphatic heterocycles. The van der Waals surface area contributed by atoms with Crippen molar-refractivity contribution in [2.75, 3.05) is 32.8 Å². The average Bonchev–Trinajstić information content (AvgIpc) is 2.77. The van der Waals surface area contributed by atoms with Crippen LogP contribution >= 0.6 is 0 Å². The number of aromatic nitrogens is 2. The summed E-state index contributed by atoms with van der Waals surface area (Å²) in [6.45, 7) is 8.42. The van der Waals surface area contributed by atoms with Gasteiger partial charge < -0.3 is 10.1 Å². The Labute approximate surface area is 176 Å². The van der Waals surface area contributed by atoms with E-state index in [1.54, 1.807) is 24.3 Å². The molecule has 0 aliphatic carbocycles. The first-order chi connectivity index (χ1) is 14.5. The zero-order chi connectivity index (χ0) is 21.5. The molecule has 164 valence electrons. The number of nitrogens with zero attached hydrogens (tertiary/aromatic N) is 2. The van der Waals surface area contributed by atoms with Gasteiger partial charge in [0, 0.05) is 38.6 Å². The summed E-state index contributed by atoms with van der Waals surface area (Å²) in [5, 5.41) is 3.51. The molecule has 1 aromatic carbocycles. The quantitative estimate of drug-likeness (QED) is 0.643. The highest BCUT2D eigenvalue weighted by Crippen LogP contribution is 2.19. The SMILES string of the molecule is CCC(CC)C(CNC(=O)CCn1c(=O)[nH]c(=O)c2ccccc21)N1CCOCC1. The highest BCUT2D eigenvalue weighted by atomic mass is 16.5. The van der Waals surface area contributed by atoms with Crippen LogP contribution in [0.2, 0.25) is 0 Å². The molecule has 0 radical (unpaired) electrons. The summed E-state index contributed by atoms with van der Waals surface area (Å²) in [7, 11) is 0. The van der Waals surface area contributed by atoms with Crippen LogP contribution < -0.4 is 16.6 Å². The van der Waals surface area contributed by atoms with Gasteiger partial charge in [0.15, 0.2) is 0 Å². The van der Waals surface area contributed by atoms with Gasteiger partial charge in [0.25, 0.3) is 5.56 Å². The van der Waals surface area contributed by atoms with Crippen molar-refractivity contribution in [3.63, 3.8) is 0 Å². The lowest BCUT2D eigenvalue weighted by molar-refractivity contribution is -0.121. The normalized spacial score (nSPS) is 16.1. The van der Waals surface area contributed by atoms with E-state index in [4.69, 9.17) is 4.74 Å². The third-order valence-electron chi connectivity index (χ3n) is 6.08. The second-order valence-corrected chi connectivity index (χ2v) is 7.77. The number of nitrogens with one attached hydrogen (secondary N) is 2. The molecule has 8 heteroatoms. The van der Waals surface area contributed by atoms with Crippen LogP contribution in [0.25, 0.3) is 10.9 Å². The Balaban J connectivity index is 1.64. The van der Waals surface area contributed by atoms with Crippen LogP contribution in [0, 0.1) is 5.92 Å². The van der Waals surface area contributed by atoms with Crippen LogP contribution in [0.5, 0.6) is 0 Å². The number of hydrogen-bond acceptors (Lipinski definition) is 5. The highest BCUT2D eigenvalue weighted by molar-refractivity contribution is 5.78. The summed E-state index contributed by atoms with van der Waals surface area (Å²) in [4.78, 5) is 41.6. The lowest BCUT2D eigenvalue weighted by Crippen LogP contribution is -2.52. The minimum Gasteiger partial charge on any atom is -0.379 e. The molecule has 2 N–H and O–H groups in total. The van der Waals surface area contributed by atoms with Gasteiger partial charge in [-0.3, -0.25) is 24.0 Å². The van der Waals surface area contributed by atoms with Crippen molar-refractivity contribution in [1.29, 1.82) is 0 Å². The third-order valence-corrected chi connectivity index (χ3v) is 6.08. The number of fused-ring (bicyclic) bond motifs is 1. The third kappa shape index (κ3) is 5.17. The maximum Gasteiger partial charge on any atom is 0.328 e. The molecule has 2 aromatic rings. The summed E-state index contributed by atoms with van der Waals surface area (Å²) in [6.07, 6.45) is 2.30. The number of amides is 1. The second kappa shape index (κ2) is 10.5. The molecular weight excluding hydrogens is 384 g/mol. The Hall–Kier alpha value is -2.45. The molecule has 1 atom stereocenters. The van der Waals surface area contributed by atoms with Gasteiger partial charge in [-0.1, -0.05) is 38.8 Å². The molecule has 0 saturated carbocycles. The van der Waals surface area contributed by atoms with Crippen molar-refractivity contribution in [3.8, 4) is 0 Å². The van der Waals surface area contributed by atoms with Crippen molar-refractivity contribution < 1.29 is 9.53 Å². The highest BCUT2D eigenvalue weighted by Gasteiger charge is 2.27. The van der Waals surface area contributed by atoms with Gasteiger partial charge in [-0.25, -0.2) is 4.79 Å². The number of aryl methyl sites for hydroxylation is 1. The van der Waals surface area contributed by atoms with Crippen LogP contribution in [0.1, 0.15) is 33.1 Å². The van der Waals surface area contributed by atoms with E-state index >= 15 is 0 Å². The van der Waals surface area contributed by atoms with Gasteiger partial charge in [0.2, 0.25) is 5.91 Å².